The third-order valence-corrected chi connectivity index (χ3v) is 3.97. The van der Waals surface area contributed by atoms with E-state index in [0.717, 1.165) is 6.08 Å². The fourth-order valence-corrected chi connectivity index (χ4v) is 2.99. The van der Waals surface area contributed by atoms with E-state index in [2.05, 4.69) is 20.8 Å². The van der Waals surface area contributed by atoms with Gasteiger partial charge in [-0.05, 0) is 30.7 Å². The van der Waals surface area contributed by atoms with Crippen molar-refractivity contribution in [1.82, 2.24) is 0 Å². The fourth-order valence-electron chi connectivity index (χ4n) is 2.40. The van der Waals surface area contributed by atoms with Gasteiger partial charge in [-0.25, -0.2) is 4.79 Å². The smallest absolute Gasteiger partial charge is 0.430 e. The molecule has 0 saturated carbocycles. The molecule has 1 aromatic carbocycles. The van der Waals surface area contributed by atoms with Gasteiger partial charge in [0.05, 0.1) is 18.8 Å². The summed E-state index contributed by atoms with van der Waals surface area (Å²) in [4.78, 5) is 16.7. The lowest BCUT2D eigenvalue weighted by atomic mass is 9.99. The Bertz CT molecular complexity index is 710. The number of halogens is 4. The lowest BCUT2D eigenvalue weighted by Crippen LogP contribution is -2.79. The number of aryl methyl sites for hydroxylation is 1. The number of rotatable bonds is 8. The minimum absolute atomic E-state index is 0.0351. The number of nitrogens with two attached hydrogens (primary N) is 1. The van der Waals surface area contributed by atoms with Crippen LogP contribution in [0.5, 0.6) is 5.75 Å². The molecule has 2 rings (SSSR count). The van der Waals surface area contributed by atoms with Gasteiger partial charge in [-0.2, -0.15) is 23.2 Å². The van der Waals surface area contributed by atoms with E-state index < -0.39 is 23.8 Å². The van der Waals surface area contributed by atoms with Crippen molar-refractivity contribution in [3.05, 3.63) is 33.3 Å². The summed E-state index contributed by atoms with van der Waals surface area (Å²) in [5.74, 6) is -1.06. The van der Waals surface area contributed by atoms with Gasteiger partial charge in [0.2, 0.25) is 6.10 Å². The molecular formula is C16H18BrF3NO6+. The number of alkyl halides is 3. The number of quaternary nitrogens is 1. The number of carbonyl (C=O) groups excluding carboxylic acids is 1. The second kappa shape index (κ2) is 9.51. The van der Waals surface area contributed by atoms with E-state index in [1.165, 1.54) is 0 Å². The molecule has 0 spiro atoms. The van der Waals surface area contributed by atoms with E-state index in [1.807, 2.05) is 0 Å². The fraction of sp³-hybridized carbons (Fsp3) is 0.438. The normalized spacial score (nSPS) is 16.4. The van der Waals surface area contributed by atoms with Crippen LogP contribution in [0.3, 0.4) is 0 Å². The first-order chi connectivity index (χ1) is 12.7. The standard InChI is InChI=1S/C16H18BrF3NO6/c1-9-6-11(17)7-10-8-12(14(16(18,19)20)27-13(9)10)15(22)25-4-2-24-3-5-26-21-23/h6-8,14,23H,2-5,21H2,1H3/q+1. The summed E-state index contributed by atoms with van der Waals surface area (Å²) < 4.78 is 55.8. The van der Waals surface area contributed by atoms with E-state index >= 15 is 0 Å². The predicted octanol–water partition coefficient (Wildman–Crippen LogP) is 1.91. The molecule has 1 aromatic rings. The molecule has 0 aromatic heterocycles. The first-order valence-corrected chi connectivity index (χ1v) is 8.61. The Hall–Kier alpha value is -1.66. The van der Waals surface area contributed by atoms with Gasteiger partial charge in [-0.3, -0.25) is 0 Å². The van der Waals surface area contributed by atoms with Crippen LogP contribution in [0.1, 0.15) is 11.1 Å². The number of esters is 1. The van der Waals surface area contributed by atoms with Gasteiger partial charge in [0.15, 0.2) is 0 Å². The molecule has 11 heteroatoms. The summed E-state index contributed by atoms with van der Waals surface area (Å²) in [5.41, 5.74) is 0.732. The van der Waals surface area contributed by atoms with Crippen molar-refractivity contribution in [2.75, 3.05) is 26.4 Å². The highest BCUT2D eigenvalue weighted by molar-refractivity contribution is 9.10. The summed E-state index contributed by atoms with van der Waals surface area (Å²) in [5, 5.41) is 8.30. The Balaban J connectivity index is 2.08. The van der Waals surface area contributed by atoms with Crippen LogP contribution in [-0.4, -0.2) is 49.9 Å². The second-order valence-electron chi connectivity index (χ2n) is 5.50. The van der Waals surface area contributed by atoms with Crippen LogP contribution in [0.2, 0.25) is 0 Å². The van der Waals surface area contributed by atoms with Crippen LogP contribution in [0, 0.1) is 6.92 Å². The molecule has 1 aliphatic rings. The molecule has 0 saturated heterocycles. The number of benzene rings is 1. The van der Waals surface area contributed by atoms with E-state index in [0.29, 0.717) is 21.2 Å². The molecule has 3 N–H and O–H groups in total. The van der Waals surface area contributed by atoms with Gasteiger partial charge < -0.3 is 14.2 Å². The first kappa shape index (κ1) is 21.6. The zero-order chi connectivity index (χ0) is 20.0. The monoisotopic (exact) mass is 456 g/mol. The maximum atomic E-state index is 13.4. The van der Waals surface area contributed by atoms with Gasteiger partial charge in [-0.15, -0.1) is 0 Å². The lowest BCUT2D eigenvalue weighted by molar-refractivity contribution is -1.06. The van der Waals surface area contributed by atoms with Crippen molar-refractivity contribution in [2.24, 2.45) is 0 Å². The molecule has 27 heavy (non-hydrogen) atoms. The molecule has 1 aliphatic heterocycles. The highest BCUT2D eigenvalue weighted by Gasteiger charge is 2.49. The van der Waals surface area contributed by atoms with E-state index in [4.69, 9.17) is 19.4 Å². The third kappa shape index (κ3) is 5.91. The molecule has 7 nitrogen and oxygen atoms in total. The molecule has 150 valence electrons. The van der Waals surface area contributed by atoms with Crippen LogP contribution in [0.15, 0.2) is 22.2 Å². The molecular weight excluding hydrogens is 439 g/mol. The molecule has 0 aliphatic carbocycles. The minimum atomic E-state index is -4.78. The SMILES string of the molecule is Cc1cc(Br)cc2c1OC(C(F)(F)F)C(C(=O)OCCOCCO[NH2+]O)=C2. The topological polar surface area (TPSA) is 90.8 Å². The molecule has 1 unspecified atom stereocenters. The summed E-state index contributed by atoms with van der Waals surface area (Å²) in [6.45, 7) is 1.54. The van der Waals surface area contributed by atoms with Gasteiger partial charge >= 0.3 is 12.1 Å². The zero-order valence-electron chi connectivity index (χ0n) is 14.2. The van der Waals surface area contributed by atoms with Gasteiger partial charge in [0.1, 0.15) is 19.0 Å². The average molecular weight is 457 g/mol. The first-order valence-electron chi connectivity index (χ1n) is 7.81. The Morgan fingerprint density at radius 2 is 2.00 bits per heavy atom. The quantitative estimate of drug-likeness (QED) is 0.352. The highest BCUT2D eigenvalue weighted by atomic mass is 79.9. The summed E-state index contributed by atoms with van der Waals surface area (Å²) >= 11 is 3.26. The Morgan fingerprint density at radius 1 is 1.30 bits per heavy atom. The number of ether oxygens (including phenoxy) is 3. The van der Waals surface area contributed by atoms with Crippen LogP contribution in [0.25, 0.3) is 6.08 Å². The van der Waals surface area contributed by atoms with E-state index in [9.17, 15) is 18.0 Å². The number of hydrogen-bond acceptors (Lipinski definition) is 6. The van der Waals surface area contributed by atoms with Crippen molar-refractivity contribution < 1.29 is 47.9 Å². The molecule has 1 heterocycles. The molecule has 1 atom stereocenters. The van der Waals surface area contributed by atoms with Gasteiger partial charge in [0, 0.05) is 10.0 Å². The van der Waals surface area contributed by atoms with Crippen LogP contribution in [-0.2, 0) is 19.1 Å². The van der Waals surface area contributed by atoms with Gasteiger partial charge in [-0.1, -0.05) is 21.6 Å². The van der Waals surface area contributed by atoms with Crippen molar-refractivity contribution in [3.8, 4) is 5.75 Å². The number of fused-ring (bicyclic) bond motifs is 1. The summed E-state index contributed by atoms with van der Waals surface area (Å²) in [6.07, 6.45) is -6.06. The van der Waals surface area contributed by atoms with Crippen molar-refractivity contribution >= 4 is 28.0 Å². The largest absolute Gasteiger partial charge is 0.475 e. The minimum Gasteiger partial charge on any atom is -0.475 e. The summed E-state index contributed by atoms with van der Waals surface area (Å²) in [6, 6.07) is 3.18. The van der Waals surface area contributed by atoms with Crippen LogP contribution in [0.4, 0.5) is 13.2 Å². The molecule has 0 fully saturated rings. The Morgan fingerprint density at radius 3 is 2.67 bits per heavy atom. The predicted molar refractivity (Wildman–Crippen MR) is 88.8 cm³/mol. The van der Waals surface area contributed by atoms with Crippen molar-refractivity contribution in [1.29, 1.82) is 0 Å². The van der Waals surface area contributed by atoms with Crippen molar-refractivity contribution in [3.63, 3.8) is 0 Å². The second-order valence-corrected chi connectivity index (χ2v) is 6.42. The van der Waals surface area contributed by atoms with Crippen molar-refractivity contribution in [2.45, 2.75) is 19.2 Å². The highest BCUT2D eigenvalue weighted by Crippen LogP contribution is 2.40. The number of carbonyl (C=O) groups is 1. The Labute approximate surface area is 161 Å². The zero-order valence-corrected chi connectivity index (χ0v) is 15.8. The average Bonchev–Trinajstić information content (AvgIpc) is 2.58. The molecule has 0 amide bonds. The maximum Gasteiger partial charge on any atom is 0.430 e. The summed E-state index contributed by atoms with van der Waals surface area (Å²) in [7, 11) is 0. The number of hydrogen-bond donors (Lipinski definition) is 2. The van der Waals surface area contributed by atoms with Crippen LogP contribution >= 0.6 is 15.9 Å². The van der Waals surface area contributed by atoms with E-state index in [-0.39, 0.29) is 32.2 Å². The van der Waals surface area contributed by atoms with Crippen LogP contribution < -0.4 is 10.4 Å². The third-order valence-electron chi connectivity index (χ3n) is 3.51. The lowest BCUT2D eigenvalue weighted by Gasteiger charge is -2.29. The maximum absolute atomic E-state index is 13.4. The van der Waals surface area contributed by atoms with E-state index in [1.54, 1.807) is 19.1 Å². The molecule has 0 bridgehead atoms. The molecule has 0 radical (unpaired) electrons. The van der Waals surface area contributed by atoms with Gasteiger partial charge in [0.25, 0.3) is 0 Å². The Kier molecular flexibility index (Phi) is 7.62.